The highest BCUT2D eigenvalue weighted by Crippen LogP contribution is 2.23. The van der Waals surface area contributed by atoms with Crippen molar-refractivity contribution in [2.24, 2.45) is 5.73 Å². The molecule has 1 aromatic carbocycles. The molecule has 0 atom stereocenters. The minimum atomic E-state index is 0.495. The summed E-state index contributed by atoms with van der Waals surface area (Å²) < 4.78 is 5.33. The Kier molecular flexibility index (Phi) is 3.75. The summed E-state index contributed by atoms with van der Waals surface area (Å²) >= 11 is 0. The fraction of sp³-hybridized carbons (Fsp3) is 0.188. The predicted octanol–water partition coefficient (Wildman–Crippen LogP) is 2.61. The molecule has 0 amide bonds. The van der Waals surface area contributed by atoms with Crippen molar-refractivity contribution in [1.82, 2.24) is 15.1 Å². The number of aryl methyl sites for hydroxylation is 1. The molecular weight excluding hydrogens is 264 g/mol. The zero-order valence-corrected chi connectivity index (χ0v) is 11.8. The summed E-state index contributed by atoms with van der Waals surface area (Å²) in [6.45, 7) is 2.61. The average Bonchev–Trinajstić information content (AvgIpc) is 2.98. The summed E-state index contributed by atoms with van der Waals surface area (Å²) in [7, 11) is 0. The molecule has 0 aliphatic heterocycles. The van der Waals surface area contributed by atoms with Crippen LogP contribution in [0.3, 0.4) is 0 Å². The van der Waals surface area contributed by atoms with Gasteiger partial charge in [-0.25, -0.2) is 0 Å². The lowest BCUT2D eigenvalue weighted by atomic mass is 10.1. The highest BCUT2D eigenvalue weighted by Gasteiger charge is 2.13. The summed E-state index contributed by atoms with van der Waals surface area (Å²) in [6, 6.07) is 11.8. The molecule has 2 aromatic heterocycles. The van der Waals surface area contributed by atoms with Crippen molar-refractivity contribution >= 4 is 0 Å². The highest BCUT2D eigenvalue weighted by atomic mass is 16.5. The molecule has 5 heteroatoms. The highest BCUT2D eigenvalue weighted by molar-refractivity contribution is 5.59. The number of nitrogens with two attached hydrogens (primary N) is 1. The van der Waals surface area contributed by atoms with Gasteiger partial charge in [-0.3, -0.25) is 4.98 Å². The first kappa shape index (κ1) is 13.5. The van der Waals surface area contributed by atoms with Crippen molar-refractivity contribution in [3.8, 4) is 23.0 Å². The van der Waals surface area contributed by atoms with E-state index < -0.39 is 0 Å². The summed E-state index contributed by atoms with van der Waals surface area (Å²) in [5.41, 5.74) is 9.39. The van der Waals surface area contributed by atoms with Gasteiger partial charge in [0.05, 0.1) is 0 Å². The van der Waals surface area contributed by atoms with Gasteiger partial charge in [0.15, 0.2) is 0 Å². The van der Waals surface area contributed by atoms with Crippen molar-refractivity contribution in [2.75, 3.05) is 6.54 Å². The first-order valence-corrected chi connectivity index (χ1v) is 6.83. The quantitative estimate of drug-likeness (QED) is 0.794. The second kappa shape index (κ2) is 5.85. The van der Waals surface area contributed by atoms with E-state index in [1.165, 1.54) is 5.56 Å². The van der Waals surface area contributed by atoms with Crippen LogP contribution in [0.1, 0.15) is 11.1 Å². The molecule has 3 rings (SSSR count). The Morgan fingerprint density at radius 3 is 2.67 bits per heavy atom. The number of benzene rings is 1. The van der Waals surface area contributed by atoms with Gasteiger partial charge in [-0.05, 0) is 49.2 Å². The molecule has 5 nitrogen and oxygen atoms in total. The van der Waals surface area contributed by atoms with Gasteiger partial charge >= 0.3 is 0 Å². The minimum absolute atomic E-state index is 0.495. The lowest BCUT2D eigenvalue weighted by molar-refractivity contribution is 0.432. The van der Waals surface area contributed by atoms with Gasteiger partial charge in [0.2, 0.25) is 5.82 Å². The summed E-state index contributed by atoms with van der Waals surface area (Å²) in [4.78, 5) is 8.72. The van der Waals surface area contributed by atoms with Crippen molar-refractivity contribution < 1.29 is 4.52 Å². The van der Waals surface area contributed by atoms with Crippen molar-refractivity contribution in [1.29, 1.82) is 0 Å². The Hall–Kier alpha value is -2.53. The molecule has 21 heavy (non-hydrogen) atoms. The molecule has 2 heterocycles. The molecule has 3 aromatic rings. The molecule has 0 unspecified atom stereocenters. The van der Waals surface area contributed by atoms with E-state index in [1.54, 1.807) is 6.20 Å². The number of rotatable bonds is 4. The van der Waals surface area contributed by atoms with Crippen LogP contribution in [0.15, 0.2) is 47.1 Å². The van der Waals surface area contributed by atoms with Crippen LogP contribution in [0.25, 0.3) is 23.0 Å². The second-order valence-corrected chi connectivity index (χ2v) is 4.83. The Labute approximate surface area is 122 Å². The molecule has 0 saturated heterocycles. The molecule has 0 spiro atoms. The molecule has 0 bridgehead atoms. The van der Waals surface area contributed by atoms with Gasteiger partial charge in [0, 0.05) is 11.8 Å². The first-order chi connectivity index (χ1) is 10.3. The fourth-order valence-electron chi connectivity index (χ4n) is 2.14. The standard InChI is InChI=1S/C16H16N4O/c1-11-3-2-10-18-14(11)15-19-16(21-20-15)13-6-4-12(5-7-13)8-9-17/h2-7,10H,8-9,17H2,1H3. The van der Waals surface area contributed by atoms with Gasteiger partial charge < -0.3 is 10.3 Å². The lowest BCUT2D eigenvalue weighted by Crippen LogP contribution is -2.02. The van der Waals surface area contributed by atoms with Crippen LogP contribution in [-0.4, -0.2) is 21.7 Å². The number of nitrogens with zero attached hydrogens (tertiary/aromatic N) is 3. The Bertz CT molecular complexity index is 734. The molecule has 0 aliphatic carbocycles. The zero-order chi connectivity index (χ0) is 14.7. The van der Waals surface area contributed by atoms with Crippen molar-refractivity contribution in [3.63, 3.8) is 0 Å². The van der Waals surface area contributed by atoms with Gasteiger partial charge in [-0.15, -0.1) is 0 Å². The second-order valence-electron chi connectivity index (χ2n) is 4.83. The fourth-order valence-corrected chi connectivity index (χ4v) is 2.14. The van der Waals surface area contributed by atoms with E-state index in [0.29, 0.717) is 18.3 Å². The molecular formula is C16H16N4O. The number of pyridine rings is 1. The van der Waals surface area contributed by atoms with Gasteiger partial charge in [0.25, 0.3) is 5.89 Å². The minimum Gasteiger partial charge on any atom is -0.334 e. The smallest absolute Gasteiger partial charge is 0.258 e. The lowest BCUT2D eigenvalue weighted by Gasteiger charge is -1.99. The van der Waals surface area contributed by atoms with E-state index in [-0.39, 0.29) is 0 Å². The third kappa shape index (κ3) is 2.83. The maximum absolute atomic E-state index is 5.54. The van der Waals surface area contributed by atoms with E-state index in [0.717, 1.165) is 23.2 Å². The predicted molar refractivity (Wildman–Crippen MR) is 80.5 cm³/mol. The van der Waals surface area contributed by atoms with E-state index in [4.69, 9.17) is 10.3 Å². The Morgan fingerprint density at radius 1 is 1.14 bits per heavy atom. The van der Waals surface area contributed by atoms with Crippen LogP contribution in [-0.2, 0) is 6.42 Å². The van der Waals surface area contributed by atoms with Crippen LogP contribution in [0.5, 0.6) is 0 Å². The van der Waals surface area contributed by atoms with E-state index in [9.17, 15) is 0 Å². The van der Waals surface area contributed by atoms with Gasteiger partial charge in [-0.2, -0.15) is 4.98 Å². The van der Waals surface area contributed by atoms with Gasteiger partial charge in [-0.1, -0.05) is 23.4 Å². The van der Waals surface area contributed by atoms with Crippen LogP contribution in [0, 0.1) is 6.92 Å². The Balaban J connectivity index is 1.89. The summed E-state index contributed by atoms with van der Waals surface area (Å²) in [5, 5.41) is 4.01. The monoisotopic (exact) mass is 280 g/mol. The van der Waals surface area contributed by atoms with E-state index in [1.807, 2.05) is 43.3 Å². The van der Waals surface area contributed by atoms with Crippen LogP contribution < -0.4 is 5.73 Å². The average molecular weight is 280 g/mol. The number of hydrogen-bond donors (Lipinski definition) is 1. The number of aromatic nitrogens is 3. The maximum atomic E-state index is 5.54. The van der Waals surface area contributed by atoms with E-state index >= 15 is 0 Å². The van der Waals surface area contributed by atoms with Crippen LogP contribution in [0.2, 0.25) is 0 Å². The summed E-state index contributed by atoms with van der Waals surface area (Å²) in [5.74, 6) is 1.00. The molecule has 0 fully saturated rings. The molecule has 106 valence electrons. The van der Waals surface area contributed by atoms with Gasteiger partial charge in [0.1, 0.15) is 5.69 Å². The first-order valence-electron chi connectivity index (χ1n) is 6.83. The SMILES string of the molecule is Cc1cccnc1-c1noc(-c2ccc(CCN)cc2)n1. The van der Waals surface area contributed by atoms with Crippen molar-refractivity contribution in [3.05, 3.63) is 53.7 Å². The maximum Gasteiger partial charge on any atom is 0.258 e. The van der Waals surface area contributed by atoms with Crippen LogP contribution >= 0.6 is 0 Å². The molecule has 2 N–H and O–H groups in total. The van der Waals surface area contributed by atoms with Crippen molar-refractivity contribution in [2.45, 2.75) is 13.3 Å². The topological polar surface area (TPSA) is 77.8 Å². The molecule has 0 radical (unpaired) electrons. The third-order valence-electron chi connectivity index (χ3n) is 3.28. The normalized spacial score (nSPS) is 10.8. The molecule has 0 aliphatic rings. The summed E-state index contributed by atoms with van der Waals surface area (Å²) in [6.07, 6.45) is 2.59. The van der Waals surface area contributed by atoms with Crippen LogP contribution in [0.4, 0.5) is 0 Å². The molecule has 0 saturated carbocycles. The Morgan fingerprint density at radius 2 is 1.95 bits per heavy atom. The zero-order valence-electron chi connectivity index (χ0n) is 11.8. The largest absolute Gasteiger partial charge is 0.334 e. The number of hydrogen-bond acceptors (Lipinski definition) is 5. The third-order valence-corrected chi connectivity index (χ3v) is 3.28. The van der Waals surface area contributed by atoms with E-state index in [2.05, 4.69) is 15.1 Å².